The standard InChI is InChI=1S/C51H38N2/c1-33-21-25-40-41-26-22-34(2)30-47(41)51(46(40)29-33)45-19-11-9-17-39(45)42-27-23-38(32-48(42)51)52(35-13-5-3-6-14-35)37-24-28-50-44(31-37)43-18-10-12-20-49(43)53(50)36-15-7-4-8-16-36/h3-32,39,45H,1-2H3. The van der Waals surface area contributed by atoms with Crippen LogP contribution in [0.2, 0.25) is 0 Å². The van der Waals surface area contributed by atoms with Gasteiger partial charge in [-0.05, 0) is 108 Å². The van der Waals surface area contributed by atoms with Crippen LogP contribution < -0.4 is 4.90 Å². The number of fused-ring (bicyclic) bond motifs is 13. The Kier molecular flexibility index (Phi) is 6.46. The van der Waals surface area contributed by atoms with Crippen molar-refractivity contribution in [2.45, 2.75) is 25.2 Å². The summed E-state index contributed by atoms with van der Waals surface area (Å²) in [5.41, 5.74) is 17.8. The molecule has 11 rings (SSSR count). The highest BCUT2D eigenvalue weighted by atomic mass is 15.1. The van der Waals surface area contributed by atoms with E-state index in [0.29, 0.717) is 5.92 Å². The first kappa shape index (κ1) is 30.3. The zero-order valence-corrected chi connectivity index (χ0v) is 29.9. The van der Waals surface area contributed by atoms with Crippen molar-refractivity contribution in [1.29, 1.82) is 0 Å². The van der Waals surface area contributed by atoms with Gasteiger partial charge in [0.15, 0.2) is 0 Å². The molecule has 0 radical (unpaired) electrons. The molecule has 7 aromatic carbocycles. The fraction of sp³-hybridized carbons (Fsp3) is 0.0980. The van der Waals surface area contributed by atoms with Crippen molar-refractivity contribution in [3.8, 4) is 16.8 Å². The lowest BCUT2D eigenvalue weighted by atomic mass is 9.65. The Morgan fingerprint density at radius 1 is 0.491 bits per heavy atom. The SMILES string of the molecule is Cc1ccc2c(c1)C1(c3cc(C)ccc3-2)c2cc(N(c3ccccc3)c3ccc4c(c3)c3ccccc3n4-c3ccccc3)ccc2C2C=CC=CC21. The van der Waals surface area contributed by atoms with Crippen LogP contribution >= 0.6 is 0 Å². The molecule has 2 heteroatoms. The highest BCUT2D eigenvalue weighted by Gasteiger charge is 2.57. The first-order chi connectivity index (χ1) is 26.1. The topological polar surface area (TPSA) is 8.17 Å². The molecule has 1 heterocycles. The van der Waals surface area contributed by atoms with Crippen LogP contribution in [0.4, 0.5) is 17.1 Å². The maximum Gasteiger partial charge on any atom is 0.0542 e. The van der Waals surface area contributed by atoms with E-state index in [-0.39, 0.29) is 11.3 Å². The van der Waals surface area contributed by atoms with E-state index in [2.05, 4.69) is 205 Å². The molecule has 3 aliphatic carbocycles. The lowest BCUT2D eigenvalue weighted by molar-refractivity contribution is 0.465. The first-order valence-corrected chi connectivity index (χ1v) is 18.8. The summed E-state index contributed by atoms with van der Waals surface area (Å²) in [6.07, 6.45) is 9.45. The minimum atomic E-state index is -0.296. The second-order valence-electron chi connectivity index (χ2n) is 15.1. The molecule has 0 saturated carbocycles. The second-order valence-corrected chi connectivity index (χ2v) is 15.1. The molecule has 0 saturated heterocycles. The lowest BCUT2D eigenvalue weighted by Gasteiger charge is -2.37. The number of allylic oxidation sites excluding steroid dienone is 4. The van der Waals surface area contributed by atoms with Crippen molar-refractivity contribution in [1.82, 2.24) is 4.57 Å². The van der Waals surface area contributed by atoms with Gasteiger partial charge in [0.25, 0.3) is 0 Å². The molecule has 0 N–H and O–H groups in total. The van der Waals surface area contributed by atoms with Crippen molar-refractivity contribution in [3.05, 3.63) is 215 Å². The molecule has 0 aliphatic heterocycles. The molecule has 2 nitrogen and oxygen atoms in total. The van der Waals surface area contributed by atoms with E-state index in [1.54, 1.807) is 0 Å². The Morgan fingerprint density at radius 3 is 1.87 bits per heavy atom. The molecule has 252 valence electrons. The van der Waals surface area contributed by atoms with E-state index >= 15 is 0 Å². The average molecular weight is 679 g/mol. The van der Waals surface area contributed by atoms with E-state index in [4.69, 9.17) is 0 Å². The average Bonchev–Trinajstić information content (AvgIpc) is 3.79. The number of aryl methyl sites for hydroxylation is 2. The molecule has 8 aromatic rings. The summed E-state index contributed by atoms with van der Waals surface area (Å²) in [7, 11) is 0. The van der Waals surface area contributed by atoms with Gasteiger partial charge in [0, 0.05) is 45.4 Å². The minimum absolute atomic E-state index is 0.284. The monoisotopic (exact) mass is 678 g/mol. The van der Waals surface area contributed by atoms with Crippen molar-refractivity contribution < 1.29 is 0 Å². The van der Waals surface area contributed by atoms with Crippen molar-refractivity contribution in [3.63, 3.8) is 0 Å². The Hall–Kier alpha value is -6.38. The van der Waals surface area contributed by atoms with E-state index in [1.165, 1.54) is 77.7 Å². The van der Waals surface area contributed by atoms with Crippen molar-refractivity contribution >= 4 is 38.9 Å². The number of aromatic nitrogens is 1. The van der Waals surface area contributed by atoms with Crippen LogP contribution in [0.3, 0.4) is 0 Å². The number of hydrogen-bond donors (Lipinski definition) is 0. The summed E-state index contributed by atoms with van der Waals surface area (Å²) in [6.45, 7) is 4.48. The van der Waals surface area contributed by atoms with E-state index in [0.717, 1.165) is 11.4 Å². The predicted octanol–water partition coefficient (Wildman–Crippen LogP) is 13.0. The third kappa shape index (κ3) is 4.21. The molecule has 3 aliphatic rings. The molecule has 1 aromatic heterocycles. The van der Waals surface area contributed by atoms with Gasteiger partial charge in [-0.1, -0.05) is 132 Å². The highest BCUT2D eigenvalue weighted by molar-refractivity contribution is 6.10. The van der Waals surface area contributed by atoms with Crippen molar-refractivity contribution in [2.24, 2.45) is 5.92 Å². The van der Waals surface area contributed by atoms with Crippen molar-refractivity contribution in [2.75, 3.05) is 4.90 Å². The van der Waals surface area contributed by atoms with Gasteiger partial charge < -0.3 is 9.47 Å². The fourth-order valence-corrected chi connectivity index (χ4v) is 10.0. The Morgan fingerprint density at radius 2 is 1.11 bits per heavy atom. The molecule has 0 amide bonds. The maximum absolute atomic E-state index is 2.53. The largest absolute Gasteiger partial charge is 0.310 e. The molecule has 1 spiro atoms. The third-order valence-corrected chi connectivity index (χ3v) is 12.1. The summed E-state index contributed by atoms with van der Waals surface area (Å²) in [6, 6.07) is 58.9. The summed E-state index contributed by atoms with van der Waals surface area (Å²) >= 11 is 0. The number of para-hydroxylation sites is 3. The van der Waals surface area contributed by atoms with Crippen LogP contribution in [0, 0.1) is 19.8 Å². The molecule has 2 unspecified atom stereocenters. The molecule has 53 heavy (non-hydrogen) atoms. The van der Waals surface area contributed by atoms with Gasteiger partial charge in [0.2, 0.25) is 0 Å². The summed E-state index contributed by atoms with van der Waals surface area (Å²) in [5.74, 6) is 0.585. The number of anilines is 3. The number of rotatable bonds is 4. The van der Waals surface area contributed by atoms with Crippen LogP contribution in [0.15, 0.2) is 182 Å². The summed E-state index contributed by atoms with van der Waals surface area (Å²) < 4.78 is 2.39. The smallest absolute Gasteiger partial charge is 0.0542 e. The minimum Gasteiger partial charge on any atom is -0.310 e. The summed E-state index contributed by atoms with van der Waals surface area (Å²) in [5, 5.41) is 2.49. The quantitative estimate of drug-likeness (QED) is 0.180. The van der Waals surface area contributed by atoms with Gasteiger partial charge in [-0.2, -0.15) is 0 Å². The molecule has 2 atom stereocenters. The van der Waals surface area contributed by atoms with Gasteiger partial charge in [0.05, 0.1) is 16.4 Å². The Labute approximate surface area is 310 Å². The predicted molar refractivity (Wildman–Crippen MR) is 221 cm³/mol. The van der Waals surface area contributed by atoms with Crippen LogP contribution in [-0.4, -0.2) is 4.57 Å². The van der Waals surface area contributed by atoms with Gasteiger partial charge in [-0.15, -0.1) is 0 Å². The van der Waals surface area contributed by atoms with Gasteiger partial charge in [0.1, 0.15) is 0 Å². The van der Waals surface area contributed by atoms with Gasteiger partial charge in [-0.25, -0.2) is 0 Å². The van der Waals surface area contributed by atoms with E-state index in [9.17, 15) is 0 Å². The number of nitrogens with zero attached hydrogens (tertiary/aromatic N) is 2. The van der Waals surface area contributed by atoms with Crippen LogP contribution in [0.25, 0.3) is 38.6 Å². The zero-order chi connectivity index (χ0) is 35.3. The highest BCUT2D eigenvalue weighted by Crippen LogP contribution is 2.66. The van der Waals surface area contributed by atoms with Gasteiger partial charge >= 0.3 is 0 Å². The summed E-state index contributed by atoms with van der Waals surface area (Å²) in [4.78, 5) is 2.46. The van der Waals surface area contributed by atoms with Gasteiger partial charge in [-0.3, -0.25) is 0 Å². The lowest BCUT2D eigenvalue weighted by Crippen LogP contribution is -2.33. The molecular formula is C51H38N2. The van der Waals surface area contributed by atoms with Crippen LogP contribution in [-0.2, 0) is 5.41 Å². The van der Waals surface area contributed by atoms with E-state index in [1.807, 2.05) is 0 Å². The molecule has 0 bridgehead atoms. The normalized spacial score (nSPS) is 17.2. The maximum atomic E-state index is 2.53. The molecule has 0 fully saturated rings. The van der Waals surface area contributed by atoms with Crippen LogP contribution in [0.5, 0.6) is 0 Å². The fourth-order valence-electron chi connectivity index (χ4n) is 10.0. The Bertz CT molecular complexity index is 2770. The molecular weight excluding hydrogens is 641 g/mol. The Balaban J connectivity index is 1.17. The number of benzene rings is 7. The zero-order valence-electron chi connectivity index (χ0n) is 29.9. The second kappa shape index (κ2) is 11.3. The van der Waals surface area contributed by atoms with Crippen LogP contribution in [0.1, 0.15) is 39.3 Å². The first-order valence-electron chi connectivity index (χ1n) is 18.8. The van der Waals surface area contributed by atoms with E-state index < -0.39 is 0 Å². The number of hydrogen-bond acceptors (Lipinski definition) is 1. The third-order valence-electron chi connectivity index (χ3n) is 12.1.